The van der Waals surface area contributed by atoms with Gasteiger partial charge in [0.05, 0.1) is 29.9 Å². The van der Waals surface area contributed by atoms with Crippen LogP contribution >= 0.6 is 11.6 Å². The maximum Gasteiger partial charge on any atom is 0.323 e. The van der Waals surface area contributed by atoms with Crippen molar-refractivity contribution < 1.29 is 34.3 Å². The Hall–Kier alpha value is -4.70. The lowest BCUT2D eigenvalue weighted by Gasteiger charge is -2.20. The molecule has 5 rings (SSSR count). The van der Waals surface area contributed by atoms with Crippen molar-refractivity contribution in [3.8, 4) is 34.4 Å². The van der Waals surface area contributed by atoms with Crippen LogP contribution in [0.5, 0.6) is 17.2 Å². The summed E-state index contributed by atoms with van der Waals surface area (Å²) < 4.78 is 18.7. The van der Waals surface area contributed by atoms with Gasteiger partial charge in [-0.05, 0) is 85.2 Å². The first-order valence-electron chi connectivity index (χ1n) is 17.3. The average molecular weight is 729 g/mol. The van der Waals surface area contributed by atoms with Crippen molar-refractivity contribution >= 4 is 17.6 Å². The summed E-state index contributed by atoms with van der Waals surface area (Å²) in [4.78, 5) is 17.9. The van der Waals surface area contributed by atoms with E-state index in [9.17, 15) is 25.4 Å². The van der Waals surface area contributed by atoms with Gasteiger partial charge in [0.15, 0.2) is 0 Å². The molecule has 52 heavy (non-hydrogen) atoms. The minimum atomic E-state index is -1.19. The predicted molar refractivity (Wildman–Crippen MR) is 198 cm³/mol. The van der Waals surface area contributed by atoms with Crippen LogP contribution in [0.4, 0.5) is 0 Å². The highest BCUT2D eigenvalue weighted by Crippen LogP contribution is 2.38. The third-order valence-electron chi connectivity index (χ3n) is 9.30. The second-order valence-corrected chi connectivity index (χ2v) is 13.4. The fraction of sp³-hybridized carbons (Fsp3) is 0.375. The Bertz CT molecular complexity index is 1910. The number of pyridine rings is 1. The molecule has 3 aromatic carbocycles. The van der Waals surface area contributed by atoms with E-state index in [4.69, 9.17) is 25.8 Å². The quantitative estimate of drug-likeness (QED) is 0.0985. The van der Waals surface area contributed by atoms with Crippen LogP contribution in [0, 0.1) is 32.1 Å². The van der Waals surface area contributed by atoms with E-state index in [0.717, 1.165) is 71.6 Å². The molecule has 1 aliphatic rings. The van der Waals surface area contributed by atoms with E-state index in [0.29, 0.717) is 39.8 Å². The summed E-state index contributed by atoms with van der Waals surface area (Å²) in [5, 5.41) is 41.1. The molecule has 2 atom stereocenters. The molecule has 0 saturated carbocycles. The van der Waals surface area contributed by atoms with Crippen molar-refractivity contribution in [3.63, 3.8) is 0 Å². The number of rotatable bonds is 17. The number of benzene rings is 3. The van der Waals surface area contributed by atoms with E-state index < -0.39 is 18.6 Å². The lowest BCUT2D eigenvalue weighted by Crippen LogP contribution is -2.39. The van der Waals surface area contributed by atoms with E-state index in [1.807, 2.05) is 18.2 Å². The number of hydrogen-bond acceptors (Lipinski definition) is 10. The van der Waals surface area contributed by atoms with Crippen molar-refractivity contribution in [1.82, 2.24) is 15.2 Å². The first-order valence-corrected chi connectivity index (χ1v) is 17.7. The van der Waals surface area contributed by atoms with Crippen LogP contribution in [0.25, 0.3) is 11.1 Å². The molecule has 12 heteroatoms. The van der Waals surface area contributed by atoms with Gasteiger partial charge in [0.25, 0.3) is 0 Å². The van der Waals surface area contributed by atoms with Crippen LogP contribution in [-0.2, 0) is 24.6 Å². The summed E-state index contributed by atoms with van der Waals surface area (Å²) >= 11 is 6.71. The largest absolute Gasteiger partial charge is 0.493 e. The molecule has 2 heterocycles. The maximum absolute atomic E-state index is 11.5. The molecule has 1 aromatic heterocycles. The maximum atomic E-state index is 11.5. The zero-order chi connectivity index (χ0) is 37.2. The number of hydrogen-bond donors (Lipinski definition) is 4. The van der Waals surface area contributed by atoms with E-state index >= 15 is 0 Å². The highest BCUT2D eigenvalue weighted by Gasteiger charge is 2.21. The molecule has 0 bridgehead atoms. The summed E-state index contributed by atoms with van der Waals surface area (Å²) in [6, 6.07) is 16.1. The van der Waals surface area contributed by atoms with E-state index in [1.54, 1.807) is 24.4 Å². The van der Waals surface area contributed by atoms with Gasteiger partial charge in [0.2, 0.25) is 0 Å². The van der Waals surface area contributed by atoms with Gasteiger partial charge in [-0.15, -0.1) is 0 Å². The normalized spacial score (nSPS) is 14.9. The molecule has 0 spiro atoms. The van der Waals surface area contributed by atoms with Crippen LogP contribution in [-0.4, -0.2) is 76.2 Å². The number of β-amino-alcohol motifs (C(OH)–C–C–N with tert-alkyl or cyclic N) is 1. The number of aliphatic hydroxyl groups is 2. The highest BCUT2D eigenvalue weighted by atomic mass is 35.5. The first-order chi connectivity index (χ1) is 25.1. The number of halogens is 1. The molecular formula is C40H45ClN4O7. The molecule has 0 aliphatic carbocycles. The molecule has 1 fully saturated rings. The van der Waals surface area contributed by atoms with E-state index in [2.05, 4.69) is 54.2 Å². The van der Waals surface area contributed by atoms with E-state index in [1.165, 1.54) is 6.20 Å². The smallest absolute Gasteiger partial charge is 0.323 e. The standard InChI is InChI=1S/C40H45ClN4O7/c1-25-8-9-36(50-13-5-11-45-12-10-32(47)21-45)27(3)39(25)33-7-4-6-30(26(33)2)24-52-38-16-37(51-23-29-14-28(17-42)18-43-19-29)31(15-34(38)41)20-44-35(22-46)40(48)49/h4,6-9,14-16,18-19,32,35,44,46-47H,5,10-13,20-24H2,1-3H3,(H,48,49)/t32-,35+/m1/s1. The molecule has 0 radical (unpaired) electrons. The number of aliphatic carboxylic acids is 1. The minimum Gasteiger partial charge on any atom is -0.493 e. The minimum absolute atomic E-state index is 0.0502. The van der Waals surface area contributed by atoms with Gasteiger partial charge in [-0.1, -0.05) is 35.9 Å². The van der Waals surface area contributed by atoms with Gasteiger partial charge in [0.1, 0.15) is 42.6 Å². The summed E-state index contributed by atoms with van der Waals surface area (Å²) in [7, 11) is 0. The Labute approximate surface area is 309 Å². The zero-order valence-electron chi connectivity index (χ0n) is 29.7. The van der Waals surface area contributed by atoms with Gasteiger partial charge in [-0.25, -0.2) is 0 Å². The summed E-state index contributed by atoms with van der Waals surface area (Å²) in [6.07, 6.45) is 4.55. The number of carbonyl (C=O) groups is 1. The molecular weight excluding hydrogens is 684 g/mol. The second kappa shape index (κ2) is 18.2. The Morgan fingerprint density at radius 1 is 1.04 bits per heavy atom. The third-order valence-corrected chi connectivity index (χ3v) is 9.59. The third kappa shape index (κ3) is 9.79. The second-order valence-electron chi connectivity index (χ2n) is 13.0. The average Bonchev–Trinajstić information content (AvgIpc) is 3.55. The molecule has 1 saturated heterocycles. The van der Waals surface area contributed by atoms with Crippen LogP contribution in [0.15, 0.2) is 60.9 Å². The number of aromatic nitrogens is 1. The zero-order valence-corrected chi connectivity index (χ0v) is 30.4. The number of nitriles is 1. The van der Waals surface area contributed by atoms with Gasteiger partial charge < -0.3 is 34.4 Å². The fourth-order valence-corrected chi connectivity index (χ4v) is 6.60. The number of carboxylic acid groups (broad SMARTS) is 1. The molecule has 274 valence electrons. The van der Waals surface area contributed by atoms with Crippen molar-refractivity contribution in [2.24, 2.45) is 0 Å². The SMILES string of the molecule is Cc1ccc(OCCCN2CC[C@@H](O)C2)c(C)c1-c1cccc(COc2cc(OCc3cncc(C#N)c3)c(CN[C@@H](CO)C(=O)O)cc2Cl)c1C. The van der Waals surface area contributed by atoms with Crippen LogP contribution in [0.3, 0.4) is 0 Å². The fourth-order valence-electron chi connectivity index (χ4n) is 6.36. The van der Waals surface area contributed by atoms with Crippen molar-refractivity contribution in [2.75, 3.05) is 32.8 Å². The Kier molecular flexibility index (Phi) is 13.5. The van der Waals surface area contributed by atoms with Crippen molar-refractivity contribution in [2.45, 2.75) is 65.5 Å². The molecule has 0 unspecified atom stereocenters. The topological polar surface area (TPSA) is 157 Å². The highest BCUT2D eigenvalue weighted by molar-refractivity contribution is 6.32. The molecule has 1 aliphatic heterocycles. The summed E-state index contributed by atoms with van der Waals surface area (Å²) in [5.74, 6) is 0.425. The monoisotopic (exact) mass is 728 g/mol. The molecule has 4 aromatic rings. The Morgan fingerprint density at radius 2 is 1.85 bits per heavy atom. The molecule has 4 N–H and O–H groups in total. The Morgan fingerprint density at radius 3 is 2.58 bits per heavy atom. The van der Waals surface area contributed by atoms with Gasteiger partial charge in [-0.3, -0.25) is 15.1 Å². The number of aryl methyl sites for hydroxylation is 1. The van der Waals surface area contributed by atoms with Gasteiger partial charge in [0, 0.05) is 55.8 Å². The Balaban J connectivity index is 1.33. The molecule has 11 nitrogen and oxygen atoms in total. The number of nitrogens with one attached hydrogen (secondary N) is 1. The molecule has 0 amide bonds. The van der Waals surface area contributed by atoms with Crippen molar-refractivity contribution in [1.29, 1.82) is 5.26 Å². The number of carboxylic acids is 1. The van der Waals surface area contributed by atoms with Crippen LogP contribution in [0.2, 0.25) is 5.02 Å². The van der Waals surface area contributed by atoms with Gasteiger partial charge >= 0.3 is 5.97 Å². The van der Waals surface area contributed by atoms with Gasteiger partial charge in [-0.2, -0.15) is 5.26 Å². The lowest BCUT2D eigenvalue weighted by molar-refractivity contribution is -0.140. The van der Waals surface area contributed by atoms with Crippen LogP contribution in [0.1, 0.15) is 51.8 Å². The summed E-state index contributed by atoms with van der Waals surface area (Å²) in [5.41, 5.74) is 8.03. The summed E-state index contributed by atoms with van der Waals surface area (Å²) in [6.45, 7) is 9.16. The number of aliphatic hydroxyl groups excluding tert-OH is 2. The number of likely N-dealkylation sites (tertiary alicyclic amines) is 1. The van der Waals surface area contributed by atoms with E-state index in [-0.39, 0.29) is 25.9 Å². The number of nitrogens with zero attached hydrogens (tertiary/aromatic N) is 3. The van der Waals surface area contributed by atoms with Crippen molar-refractivity contribution in [3.05, 3.63) is 105 Å². The van der Waals surface area contributed by atoms with Crippen LogP contribution < -0.4 is 19.5 Å². The first kappa shape index (κ1) is 38.5. The predicted octanol–water partition coefficient (Wildman–Crippen LogP) is 5.73. The number of ether oxygens (including phenoxy) is 3. The lowest BCUT2D eigenvalue weighted by atomic mass is 9.90.